The Morgan fingerprint density at radius 2 is 1.33 bits per heavy atom. The van der Waals surface area contributed by atoms with E-state index in [4.69, 9.17) is 0 Å². The van der Waals surface area contributed by atoms with E-state index in [0.717, 1.165) is 11.1 Å². The molecular weight excluding hydrogens is 282 g/mol. The second kappa shape index (κ2) is 6.87. The van der Waals surface area contributed by atoms with Crippen molar-refractivity contribution in [3.63, 3.8) is 0 Å². The average Bonchev–Trinajstić information content (AvgIpc) is 2.46. The normalized spacial score (nSPS) is 12.0. The van der Waals surface area contributed by atoms with Crippen molar-refractivity contribution in [2.45, 2.75) is 32.2 Å². The molecule has 0 heterocycles. The van der Waals surface area contributed by atoms with Crippen molar-refractivity contribution in [2.24, 2.45) is 0 Å². The van der Waals surface area contributed by atoms with Crippen molar-refractivity contribution >= 4 is 10.0 Å². The van der Waals surface area contributed by atoms with Gasteiger partial charge < -0.3 is 0 Å². The monoisotopic (exact) mass is 303 g/mol. The molecule has 0 aromatic heterocycles. The SMILES string of the molecule is CC(C)N(Cc1ccccc1)S(=O)(=O)Cc1ccccc1. The zero-order valence-electron chi connectivity index (χ0n) is 12.4. The maximum Gasteiger partial charge on any atom is 0.218 e. The Labute approximate surface area is 127 Å². The Balaban J connectivity index is 2.21. The topological polar surface area (TPSA) is 37.4 Å². The lowest BCUT2D eigenvalue weighted by molar-refractivity contribution is 0.347. The summed E-state index contributed by atoms with van der Waals surface area (Å²) in [6.45, 7) is 4.23. The summed E-state index contributed by atoms with van der Waals surface area (Å²) in [5.74, 6) is 0.0405. The predicted octanol–water partition coefficient (Wildman–Crippen LogP) is 3.43. The Morgan fingerprint density at radius 1 is 0.857 bits per heavy atom. The average molecular weight is 303 g/mol. The molecule has 3 nitrogen and oxygen atoms in total. The Bertz CT molecular complexity index is 652. The summed E-state index contributed by atoms with van der Waals surface area (Å²) in [4.78, 5) is 0. The third-order valence-corrected chi connectivity index (χ3v) is 5.27. The van der Waals surface area contributed by atoms with Crippen LogP contribution in [0, 0.1) is 0 Å². The smallest absolute Gasteiger partial charge is 0.212 e. The molecule has 0 fully saturated rings. The maximum absolute atomic E-state index is 12.7. The van der Waals surface area contributed by atoms with Gasteiger partial charge in [0.05, 0.1) is 5.75 Å². The highest BCUT2D eigenvalue weighted by Crippen LogP contribution is 2.17. The summed E-state index contributed by atoms with van der Waals surface area (Å²) in [6.07, 6.45) is 0. The number of hydrogen-bond acceptors (Lipinski definition) is 2. The Hall–Kier alpha value is -1.65. The van der Waals surface area contributed by atoms with Gasteiger partial charge in [-0.1, -0.05) is 60.7 Å². The molecule has 0 atom stereocenters. The van der Waals surface area contributed by atoms with Crippen LogP contribution in [0.4, 0.5) is 0 Å². The first-order chi connectivity index (χ1) is 9.99. The highest BCUT2D eigenvalue weighted by atomic mass is 32.2. The predicted molar refractivity (Wildman–Crippen MR) is 86.2 cm³/mol. The molecule has 0 aliphatic rings. The van der Waals surface area contributed by atoms with E-state index >= 15 is 0 Å². The molecule has 0 aliphatic heterocycles. The number of sulfonamides is 1. The Kier molecular flexibility index (Phi) is 5.15. The first kappa shape index (κ1) is 15.7. The van der Waals surface area contributed by atoms with Crippen molar-refractivity contribution in [3.8, 4) is 0 Å². The molecule has 2 aromatic carbocycles. The summed E-state index contributed by atoms with van der Waals surface area (Å²) < 4.78 is 26.9. The molecule has 0 aliphatic carbocycles. The van der Waals surface area contributed by atoms with Gasteiger partial charge >= 0.3 is 0 Å². The molecule has 4 heteroatoms. The lowest BCUT2D eigenvalue weighted by Gasteiger charge is -2.26. The minimum absolute atomic E-state index is 0.0405. The fraction of sp³-hybridized carbons (Fsp3) is 0.294. The van der Waals surface area contributed by atoms with Crippen LogP contribution < -0.4 is 0 Å². The summed E-state index contributed by atoms with van der Waals surface area (Å²) in [7, 11) is -3.34. The minimum Gasteiger partial charge on any atom is -0.212 e. The van der Waals surface area contributed by atoms with Gasteiger partial charge in [0.2, 0.25) is 10.0 Å². The van der Waals surface area contributed by atoms with E-state index in [-0.39, 0.29) is 11.8 Å². The lowest BCUT2D eigenvalue weighted by atomic mass is 10.2. The van der Waals surface area contributed by atoms with E-state index < -0.39 is 10.0 Å². The molecule has 2 rings (SSSR count). The Morgan fingerprint density at radius 3 is 1.81 bits per heavy atom. The van der Waals surface area contributed by atoms with Crippen LogP contribution in [-0.4, -0.2) is 18.8 Å². The van der Waals surface area contributed by atoms with Gasteiger partial charge in [0.15, 0.2) is 0 Å². The van der Waals surface area contributed by atoms with Crippen LogP contribution in [0.25, 0.3) is 0 Å². The maximum atomic E-state index is 12.7. The van der Waals surface area contributed by atoms with Gasteiger partial charge in [-0.05, 0) is 25.0 Å². The molecular formula is C17H21NO2S. The molecule has 0 amide bonds. The molecule has 21 heavy (non-hydrogen) atoms. The first-order valence-electron chi connectivity index (χ1n) is 7.06. The summed E-state index contributed by atoms with van der Waals surface area (Å²) in [5, 5.41) is 0. The molecule has 112 valence electrons. The van der Waals surface area contributed by atoms with Crippen molar-refractivity contribution in [3.05, 3.63) is 71.8 Å². The number of hydrogen-bond donors (Lipinski definition) is 0. The molecule has 0 bridgehead atoms. The summed E-state index contributed by atoms with van der Waals surface area (Å²) in [5.41, 5.74) is 1.82. The van der Waals surface area contributed by atoms with Gasteiger partial charge in [0.25, 0.3) is 0 Å². The fourth-order valence-electron chi connectivity index (χ4n) is 2.23. The molecule has 0 N–H and O–H groups in total. The number of rotatable bonds is 6. The molecule has 0 saturated heterocycles. The van der Waals surface area contributed by atoms with Crippen LogP contribution >= 0.6 is 0 Å². The highest BCUT2D eigenvalue weighted by molar-refractivity contribution is 7.88. The largest absolute Gasteiger partial charge is 0.218 e. The fourth-order valence-corrected chi connectivity index (χ4v) is 4.00. The second-order valence-electron chi connectivity index (χ2n) is 5.37. The summed E-state index contributed by atoms with van der Waals surface area (Å²) in [6, 6.07) is 18.9. The van der Waals surface area contributed by atoms with Gasteiger partial charge in [-0.15, -0.1) is 0 Å². The van der Waals surface area contributed by atoms with Gasteiger partial charge in [-0.25, -0.2) is 8.42 Å². The van der Waals surface area contributed by atoms with Crippen LogP contribution in [0.3, 0.4) is 0 Å². The van der Waals surface area contributed by atoms with E-state index in [1.165, 1.54) is 0 Å². The van der Waals surface area contributed by atoms with Crippen molar-refractivity contribution in [1.29, 1.82) is 0 Å². The quantitative estimate of drug-likeness (QED) is 0.820. The van der Waals surface area contributed by atoms with E-state index in [1.807, 2.05) is 74.5 Å². The third kappa shape index (κ3) is 4.41. The zero-order chi connectivity index (χ0) is 15.3. The molecule has 0 unspecified atom stereocenters. The van der Waals surface area contributed by atoms with E-state index in [2.05, 4.69) is 0 Å². The van der Waals surface area contributed by atoms with E-state index in [1.54, 1.807) is 4.31 Å². The van der Waals surface area contributed by atoms with Crippen molar-refractivity contribution in [2.75, 3.05) is 0 Å². The third-order valence-electron chi connectivity index (χ3n) is 3.31. The van der Waals surface area contributed by atoms with E-state index in [0.29, 0.717) is 6.54 Å². The van der Waals surface area contributed by atoms with Crippen LogP contribution in [-0.2, 0) is 22.3 Å². The number of nitrogens with zero attached hydrogens (tertiary/aromatic N) is 1. The second-order valence-corrected chi connectivity index (χ2v) is 7.29. The van der Waals surface area contributed by atoms with Crippen LogP contribution in [0.15, 0.2) is 60.7 Å². The van der Waals surface area contributed by atoms with E-state index in [9.17, 15) is 8.42 Å². The summed E-state index contributed by atoms with van der Waals surface area (Å²) >= 11 is 0. The number of benzene rings is 2. The molecule has 0 spiro atoms. The van der Waals surface area contributed by atoms with Crippen LogP contribution in [0.5, 0.6) is 0 Å². The molecule has 2 aromatic rings. The first-order valence-corrected chi connectivity index (χ1v) is 8.67. The zero-order valence-corrected chi connectivity index (χ0v) is 13.3. The van der Waals surface area contributed by atoms with Crippen molar-refractivity contribution < 1.29 is 8.42 Å². The van der Waals surface area contributed by atoms with Gasteiger partial charge in [0.1, 0.15) is 0 Å². The van der Waals surface area contributed by atoms with Crippen LogP contribution in [0.1, 0.15) is 25.0 Å². The van der Waals surface area contributed by atoms with Crippen LogP contribution in [0.2, 0.25) is 0 Å². The van der Waals surface area contributed by atoms with Crippen molar-refractivity contribution in [1.82, 2.24) is 4.31 Å². The molecule has 0 saturated carbocycles. The lowest BCUT2D eigenvalue weighted by Crippen LogP contribution is -2.37. The van der Waals surface area contributed by atoms with Gasteiger partial charge in [-0.2, -0.15) is 4.31 Å². The highest BCUT2D eigenvalue weighted by Gasteiger charge is 2.25. The minimum atomic E-state index is -3.34. The van der Waals surface area contributed by atoms with Gasteiger partial charge in [-0.3, -0.25) is 0 Å². The van der Waals surface area contributed by atoms with Gasteiger partial charge in [0, 0.05) is 12.6 Å². The molecule has 0 radical (unpaired) electrons. The standard InChI is InChI=1S/C17H21NO2S/c1-15(2)18(13-16-9-5-3-6-10-16)21(19,20)14-17-11-7-4-8-12-17/h3-12,15H,13-14H2,1-2H3.